The molecule has 5 atom stereocenters. The maximum Gasteiger partial charge on any atom is 0.362 e. The number of aliphatic hydroxyl groups is 1. The highest BCUT2D eigenvalue weighted by Gasteiger charge is 2.60. The highest BCUT2D eigenvalue weighted by atomic mass is 16.6. The van der Waals surface area contributed by atoms with Crippen molar-refractivity contribution in [2.75, 3.05) is 19.6 Å². The highest BCUT2D eigenvalue weighted by molar-refractivity contribution is 6.06. The molecule has 4 rings (SSSR count). The van der Waals surface area contributed by atoms with Crippen LogP contribution in [0.15, 0.2) is 35.5 Å². The topological polar surface area (TPSA) is 185 Å². The number of fused-ring (bicyclic) bond motifs is 1. The summed E-state index contributed by atoms with van der Waals surface area (Å²) in [4.78, 5) is 63.4. The summed E-state index contributed by atoms with van der Waals surface area (Å²) in [6.07, 6.45) is -0.263. The Morgan fingerprint density at radius 3 is 2.53 bits per heavy atom. The van der Waals surface area contributed by atoms with Gasteiger partial charge in [0.25, 0.3) is 5.69 Å². The van der Waals surface area contributed by atoms with E-state index in [1.54, 1.807) is 0 Å². The molecule has 192 valence electrons. The molecule has 1 unspecified atom stereocenters. The largest absolute Gasteiger partial charge is 0.393 e. The van der Waals surface area contributed by atoms with Crippen LogP contribution in [-0.4, -0.2) is 81.5 Å². The van der Waals surface area contributed by atoms with Crippen LogP contribution in [0.2, 0.25) is 0 Å². The van der Waals surface area contributed by atoms with Gasteiger partial charge in [0, 0.05) is 43.7 Å². The first-order chi connectivity index (χ1) is 17.0. The van der Waals surface area contributed by atoms with Crippen molar-refractivity contribution < 1.29 is 33.9 Å². The van der Waals surface area contributed by atoms with Crippen molar-refractivity contribution in [1.29, 1.82) is 0 Å². The Labute approximate surface area is 206 Å². The van der Waals surface area contributed by atoms with Crippen molar-refractivity contribution in [2.45, 2.75) is 38.5 Å². The third kappa shape index (κ3) is 4.54. The number of ether oxygens (including phenoxy) is 1. The van der Waals surface area contributed by atoms with E-state index in [2.05, 4.69) is 5.32 Å². The number of nitrogens with zero attached hydrogens (tertiary/aromatic N) is 3. The van der Waals surface area contributed by atoms with Gasteiger partial charge in [-0.2, -0.15) is 0 Å². The molecule has 0 spiro atoms. The van der Waals surface area contributed by atoms with Crippen LogP contribution in [0.25, 0.3) is 0 Å². The lowest BCUT2D eigenvalue weighted by Crippen LogP contribution is -2.63. The number of hydrogen-bond donors (Lipinski definition) is 3. The minimum Gasteiger partial charge on any atom is -0.393 e. The number of hydrogen-bond acceptors (Lipinski definition) is 9. The number of β-lactam (4-membered cyclic amide) rings is 1. The van der Waals surface area contributed by atoms with Crippen molar-refractivity contribution in [3.8, 4) is 0 Å². The van der Waals surface area contributed by atoms with Crippen LogP contribution in [0.5, 0.6) is 0 Å². The molecule has 2 saturated heterocycles. The lowest BCUT2D eigenvalue weighted by molar-refractivity contribution is -0.384. The number of rotatable bonds is 7. The molecule has 2 fully saturated rings. The summed E-state index contributed by atoms with van der Waals surface area (Å²) in [6.45, 7) is 4.76. The summed E-state index contributed by atoms with van der Waals surface area (Å²) < 4.78 is 5.08. The van der Waals surface area contributed by atoms with Crippen LogP contribution >= 0.6 is 0 Å². The molecule has 1 aromatic rings. The second-order valence-corrected chi connectivity index (χ2v) is 9.34. The Bertz CT molecular complexity index is 1150. The van der Waals surface area contributed by atoms with Gasteiger partial charge in [0.2, 0.25) is 5.91 Å². The Morgan fingerprint density at radius 1 is 1.28 bits per heavy atom. The summed E-state index contributed by atoms with van der Waals surface area (Å²) in [5.41, 5.74) is 5.50. The first-order valence-corrected chi connectivity index (χ1v) is 11.5. The van der Waals surface area contributed by atoms with E-state index in [4.69, 9.17) is 10.5 Å². The number of amides is 3. The molecule has 36 heavy (non-hydrogen) atoms. The molecule has 3 aliphatic rings. The summed E-state index contributed by atoms with van der Waals surface area (Å²) in [5.74, 6) is -3.42. The highest BCUT2D eigenvalue weighted by Crippen LogP contribution is 2.47. The summed E-state index contributed by atoms with van der Waals surface area (Å²) >= 11 is 0. The second-order valence-electron chi connectivity index (χ2n) is 9.34. The van der Waals surface area contributed by atoms with E-state index >= 15 is 0 Å². The van der Waals surface area contributed by atoms with Gasteiger partial charge < -0.3 is 25.8 Å². The minimum absolute atomic E-state index is 0.0315. The van der Waals surface area contributed by atoms with Crippen molar-refractivity contribution in [3.05, 3.63) is 51.2 Å². The molecular weight excluding hydrogens is 474 g/mol. The molecule has 13 nitrogen and oxygen atoms in total. The molecule has 3 amide bonds. The molecule has 3 heterocycles. The summed E-state index contributed by atoms with van der Waals surface area (Å²) in [7, 11) is 0. The van der Waals surface area contributed by atoms with E-state index in [0.717, 1.165) is 12.1 Å². The number of nitrogens with two attached hydrogens (primary N) is 1. The van der Waals surface area contributed by atoms with E-state index in [9.17, 15) is 34.4 Å². The summed E-state index contributed by atoms with van der Waals surface area (Å²) in [5, 5.41) is 23.6. The van der Waals surface area contributed by atoms with Crippen LogP contribution in [0, 0.1) is 22.0 Å². The number of aliphatic hydroxyl groups excluding tert-OH is 1. The number of nitro groups is 1. The predicted octanol–water partition coefficient (Wildman–Crippen LogP) is 0.132. The fraction of sp³-hybridized carbons (Fsp3) is 0.478. The van der Waals surface area contributed by atoms with Gasteiger partial charge in [-0.3, -0.25) is 19.8 Å². The van der Waals surface area contributed by atoms with Crippen LogP contribution in [0.4, 0.5) is 10.5 Å². The van der Waals surface area contributed by atoms with Gasteiger partial charge in [0.1, 0.15) is 5.70 Å². The zero-order valence-corrected chi connectivity index (χ0v) is 19.7. The number of carbonyl (C=O) groups excluding carboxylic acids is 4. The number of non-ortho nitro benzene ring substituents is 1. The van der Waals surface area contributed by atoms with Gasteiger partial charge in [0.05, 0.1) is 28.6 Å². The van der Waals surface area contributed by atoms with Crippen molar-refractivity contribution in [3.63, 3.8) is 0 Å². The van der Waals surface area contributed by atoms with Crippen LogP contribution in [0.1, 0.15) is 30.6 Å². The maximum atomic E-state index is 13.2. The molecule has 0 aliphatic carbocycles. The minimum atomic E-state index is -1.01. The first kappa shape index (κ1) is 25.3. The van der Waals surface area contributed by atoms with Crippen LogP contribution in [0.3, 0.4) is 0 Å². The monoisotopic (exact) mass is 501 g/mol. The molecule has 3 aliphatic heterocycles. The molecule has 0 bridgehead atoms. The van der Waals surface area contributed by atoms with E-state index in [0.29, 0.717) is 31.6 Å². The standard InChI is InChI=1S/C23H27N5O8/c1-11-16(10-26-8-7-14(9-26)25-23(24)33)19(27-18(11)17(12(2)29)20(27)30)22(32)36-21(31)13-3-5-15(6-4-13)28(34)35/h3-6,11-12,14,17-18,29H,7-10H2,1-2H3,(H3,24,25,33)/t11-,12+,14-,17?,18+/m0/s1. The Hall–Kier alpha value is -3.84. The number of carbonyl (C=O) groups is 4. The van der Waals surface area contributed by atoms with Gasteiger partial charge in [-0.15, -0.1) is 0 Å². The fourth-order valence-corrected chi connectivity index (χ4v) is 5.29. The number of nitro benzene ring substituents is 1. The van der Waals surface area contributed by atoms with Gasteiger partial charge >= 0.3 is 18.0 Å². The molecule has 0 radical (unpaired) electrons. The van der Waals surface area contributed by atoms with E-state index in [1.807, 2.05) is 11.8 Å². The quantitative estimate of drug-likeness (QED) is 0.154. The molecule has 0 aromatic heterocycles. The number of likely N-dealkylation sites (tertiary alicyclic amines) is 1. The van der Waals surface area contributed by atoms with Crippen LogP contribution < -0.4 is 11.1 Å². The van der Waals surface area contributed by atoms with Gasteiger partial charge in [0.15, 0.2) is 0 Å². The van der Waals surface area contributed by atoms with Crippen molar-refractivity contribution in [1.82, 2.24) is 15.1 Å². The Kier molecular flexibility index (Phi) is 6.78. The average molecular weight is 501 g/mol. The molecule has 0 saturated carbocycles. The number of primary amides is 1. The van der Waals surface area contributed by atoms with Gasteiger partial charge in [-0.1, -0.05) is 6.92 Å². The maximum absolute atomic E-state index is 13.2. The number of urea groups is 1. The van der Waals surface area contributed by atoms with E-state index < -0.39 is 46.9 Å². The smallest absolute Gasteiger partial charge is 0.362 e. The zero-order chi connectivity index (χ0) is 26.3. The number of esters is 2. The molecule has 1 aromatic carbocycles. The van der Waals surface area contributed by atoms with E-state index in [-0.39, 0.29) is 28.9 Å². The Balaban J connectivity index is 1.57. The fourth-order valence-electron chi connectivity index (χ4n) is 5.29. The zero-order valence-electron chi connectivity index (χ0n) is 19.7. The van der Waals surface area contributed by atoms with Gasteiger partial charge in [-0.05, 0) is 31.1 Å². The average Bonchev–Trinajstić information content (AvgIpc) is 3.33. The first-order valence-electron chi connectivity index (χ1n) is 11.5. The van der Waals surface area contributed by atoms with Gasteiger partial charge in [-0.25, -0.2) is 14.4 Å². The lowest BCUT2D eigenvalue weighted by Gasteiger charge is -2.46. The van der Waals surface area contributed by atoms with Crippen molar-refractivity contribution in [2.24, 2.45) is 17.6 Å². The van der Waals surface area contributed by atoms with E-state index in [1.165, 1.54) is 24.0 Å². The second kappa shape index (κ2) is 9.66. The summed E-state index contributed by atoms with van der Waals surface area (Å²) in [6, 6.07) is 3.37. The SMILES string of the molecule is C[C@@H](O)C1C(=O)N2C(C(=O)OC(=O)c3ccc([N+](=O)[O-])cc3)=C(CN3CC[C@H](NC(N)=O)C3)[C@H](C)[C@H]12. The normalized spacial score (nSPS) is 26.3. The molecule has 13 heteroatoms. The van der Waals surface area contributed by atoms with Crippen LogP contribution in [-0.2, 0) is 14.3 Å². The molecular formula is C23H27N5O8. The Morgan fingerprint density at radius 2 is 1.94 bits per heavy atom. The third-order valence-corrected chi connectivity index (χ3v) is 7.02. The lowest BCUT2D eigenvalue weighted by atomic mass is 9.77. The number of benzene rings is 1. The third-order valence-electron chi connectivity index (χ3n) is 7.02. The number of nitrogens with one attached hydrogen (secondary N) is 1. The predicted molar refractivity (Wildman–Crippen MR) is 123 cm³/mol. The van der Waals surface area contributed by atoms with Crippen molar-refractivity contribution >= 4 is 29.6 Å². The molecule has 4 N–H and O–H groups in total.